The van der Waals surface area contributed by atoms with Gasteiger partial charge in [0.05, 0.1) is 24.3 Å². The number of ether oxygens (including phenoxy) is 1. The van der Waals surface area contributed by atoms with Crippen LogP contribution in [0.25, 0.3) is 0 Å². The van der Waals surface area contributed by atoms with Crippen LogP contribution in [-0.2, 0) is 23.5 Å². The fraction of sp³-hybridized carbons (Fsp3) is 0.581. The summed E-state index contributed by atoms with van der Waals surface area (Å²) in [7, 11) is 0. The highest BCUT2D eigenvalue weighted by Gasteiger charge is 2.39. The van der Waals surface area contributed by atoms with E-state index in [1.54, 1.807) is 0 Å². The van der Waals surface area contributed by atoms with Gasteiger partial charge in [-0.05, 0) is 81.1 Å². The second kappa shape index (κ2) is 16.5. The van der Waals surface area contributed by atoms with Gasteiger partial charge >= 0.3 is 12.4 Å². The normalized spacial score (nSPS) is 18.5. The minimum atomic E-state index is -5.02. The first-order valence-corrected chi connectivity index (χ1v) is 14.5. The number of carbonyl (C=O) groups is 1. The highest BCUT2D eigenvalue weighted by atomic mass is 35.5. The predicted molar refractivity (Wildman–Crippen MR) is 163 cm³/mol. The molecule has 2 aromatic rings. The molecule has 2 saturated heterocycles. The smallest absolute Gasteiger partial charge is 0.379 e. The molecule has 5 nitrogen and oxygen atoms in total. The second-order valence-electron chi connectivity index (χ2n) is 11.4. The molecular formula is C31H41Cl2F6N3O2. The number of hydrogen-bond acceptors (Lipinski definition) is 4. The number of unbranched alkanes of at least 4 members (excludes halogenated alkanes) is 2. The fourth-order valence-corrected chi connectivity index (χ4v) is 5.68. The summed E-state index contributed by atoms with van der Waals surface area (Å²) >= 11 is 0. The molecule has 0 bridgehead atoms. The monoisotopic (exact) mass is 671 g/mol. The van der Waals surface area contributed by atoms with Crippen LogP contribution in [0.5, 0.6) is 0 Å². The minimum absolute atomic E-state index is 0. The Kier molecular flexibility index (Phi) is 14.3. The van der Waals surface area contributed by atoms with E-state index < -0.39 is 41.0 Å². The SMILES string of the molecule is Cc1ccc(C[C@@H]2CN(CCCCCN3CCOCC3)CCN2C(=O)c2cc(C(F)(F)F)cc(C(F)(F)F)c2)cc1C.Cl.Cl. The van der Waals surface area contributed by atoms with Gasteiger partial charge in [-0.15, -0.1) is 24.8 Å². The molecule has 2 fully saturated rings. The molecule has 13 heteroatoms. The van der Waals surface area contributed by atoms with Crippen molar-refractivity contribution < 1.29 is 35.9 Å². The topological polar surface area (TPSA) is 36.0 Å². The van der Waals surface area contributed by atoms with Gasteiger partial charge in [-0.25, -0.2) is 0 Å². The number of carbonyl (C=O) groups excluding carboxylic acids is 1. The van der Waals surface area contributed by atoms with E-state index in [4.69, 9.17) is 4.74 Å². The zero-order chi connectivity index (χ0) is 30.5. The van der Waals surface area contributed by atoms with Crippen LogP contribution in [0.15, 0.2) is 36.4 Å². The summed E-state index contributed by atoms with van der Waals surface area (Å²) in [5.74, 6) is -0.814. The number of piperazine rings is 1. The van der Waals surface area contributed by atoms with E-state index >= 15 is 0 Å². The molecule has 0 spiro atoms. The summed E-state index contributed by atoms with van der Waals surface area (Å²) in [6.45, 7) is 10.5. The molecule has 2 heterocycles. The van der Waals surface area contributed by atoms with Crippen molar-refractivity contribution in [1.29, 1.82) is 0 Å². The third kappa shape index (κ3) is 10.5. The number of morpholine rings is 1. The number of benzene rings is 2. The van der Waals surface area contributed by atoms with Gasteiger partial charge in [0.25, 0.3) is 5.91 Å². The van der Waals surface area contributed by atoms with E-state index in [9.17, 15) is 31.1 Å². The summed E-state index contributed by atoms with van der Waals surface area (Å²) < 4.78 is 86.4. The first kappa shape index (κ1) is 38.1. The first-order valence-electron chi connectivity index (χ1n) is 14.5. The lowest BCUT2D eigenvalue weighted by atomic mass is 9.97. The molecule has 0 radical (unpaired) electrons. The van der Waals surface area contributed by atoms with Crippen LogP contribution in [0.1, 0.15) is 57.4 Å². The summed E-state index contributed by atoms with van der Waals surface area (Å²) in [5.41, 5.74) is -0.417. The maximum atomic E-state index is 13.6. The van der Waals surface area contributed by atoms with E-state index in [-0.39, 0.29) is 37.4 Å². The van der Waals surface area contributed by atoms with Crippen LogP contribution < -0.4 is 0 Å². The molecule has 1 atom stereocenters. The zero-order valence-corrected chi connectivity index (χ0v) is 26.6. The van der Waals surface area contributed by atoms with Crippen LogP contribution in [0.3, 0.4) is 0 Å². The van der Waals surface area contributed by atoms with Crippen LogP contribution in [0.2, 0.25) is 0 Å². The highest BCUT2D eigenvalue weighted by molar-refractivity contribution is 5.95. The number of rotatable bonds is 9. The van der Waals surface area contributed by atoms with Gasteiger partial charge in [-0.2, -0.15) is 26.3 Å². The number of nitrogens with zero attached hydrogens (tertiary/aromatic N) is 3. The van der Waals surface area contributed by atoms with Crippen molar-refractivity contribution in [3.05, 3.63) is 69.8 Å². The molecule has 248 valence electrons. The van der Waals surface area contributed by atoms with Crippen LogP contribution in [0, 0.1) is 13.8 Å². The quantitative estimate of drug-likeness (QED) is 0.211. The number of hydrogen-bond donors (Lipinski definition) is 0. The first-order chi connectivity index (χ1) is 19.8. The molecule has 2 aromatic carbocycles. The molecule has 2 aliphatic heterocycles. The van der Waals surface area contributed by atoms with Gasteiger partial charge in [-0.3, -0.25) is 14.6 Å². The molecule has 0 unspecified atom stereocenters. The summed E-state index contributed by atoms with van der Waals surface area (Å²) in [5, 5.41) is 0. The van der Waals surface area contributed by atoms with Crippen LogP contribution in [-0.4, -0.2) is 85.7 Å². The average Bonchev–Trinajstić information content (AvgIpc) is 2.94. The summed E-state index contributed by atoms with van der Waals surface area (Å²) in [6, 6.07) is 6.69. The van der Waals surface area contributed by atoms with Gasteiger partial charge in [0.1, 0.15) is 0 Å². The van der Waals surface area contributed by atoms with Crippen molar-refractivity contribution in [3.63, 3.8) is 0 Å². The van der Waals surface area contributed by atoms with E-state index in [0.717, 1.165) is 75.3 Å². The van der Waals surface area contributed by atoms with E-state index in [0.29, 0.717) is 31.6 Å². The predicted octanol–water partition coefficient (Wildman–Crippen LogP) is 7.06. The molecule has 0 aromatic heterocycles. The van der Waals surface area contributed by atoms with Gasteiger partial charge in [-0.1, -0.05) is 24.6 Å². The molecule has 0 aliphatic carbocycles. The van der Waals surface area contributed by atoms with E-state index in [1.807, 2.05) is 32.0 Å². The van der Waals surface area contributed by atoms with Crippen molar-refractivity contribution in [2.75, 3.05) is 59.0 Å². The van der Waals surface area contributed by atoms with E-state index in [2.05, 4.69) is 9.80 Å². The third-order valence-electron chi connectivity index (χ3n) is 8.26. The molecule has 2 aliphatic rings. The number of alkyl halides is 6. The lowest BCUT2D eigenvalue weighted by Gasteiger charge is -2.42. The molecule has 4 rings (SSSR count). The Hall–Kier alpha value is -2.05. The third-order valence-corrected chi connectivity index (χ3v) is 8.26. The minimum Gasteiger partial charge on any atom is -0.379 e. The summed E-state index contributed by atoms with van der Waals surface area (Å²) in [6.07, 6.45) is -6.50. The van der Waals surface area contributed by atoms with Crippen LogP contribution >= 0.6 is 24.8 Å². The van der Waals surface area contributed by atoms with Crippen molar-refractivity contribution in [3.8, 4) is 0 Å². The fourth-order valence-electron chi connectivity index (χ4n) is 5.68. The molecule has 0 N–H and O–H groups in total. The van der Waals surface area contributed by atoms with Gasteiger partial charge in [0.2, 0.25) is 0 Å². The van der Waals surface area contributed by atoms with Gasteiger partial charge < -0.3 is 9.64 Å². The Morgan fingerprint density at radius 1 is 0.773 bits per heavy atom. The van der Waals surface area contributed by atoms with Gasteiger partial charge in [0.15, 0.2) is 0 Å². The van der Waals surface area contributed by atoms with E-state index in [1.165, 1.54) is 4.90 Å². The molecular weight excluding hydrogens is 631 g/mol. The molecule has 1 amide bonds. The average molecular weight is 673 g/mol. The highest BCUT2D eigenvalue weighted by Crippen LogP contribution is 2.37. The van der Waals surface area contributed by atoms with Crippen molar-refractivity contribution >= 4 is 30.7 Å². The Morgan fingerprint density at radius 2 is 1.36 bits per heavy atom. The lowest BCUT2D eigenvalue weighted by molar-refractivity contribution is -0.143. The van der Waals surface area contributed by atoms with Crippen molar-refractivity contribution in [2.45, 2.75) is 57.9 Å². The lowest BCUT2D eigenvalue weighted by Crippen LogP contribution is -2.56. The Morgan fingerprint density at radius 3 is 1.93 bits per heavy atom. The summed E-state index contributed by atoms with van der Waals surface area (Å²) in [4.78, 5) is 19.7. The number of amides is 1. The molecule has 44 heavy (non-hydrogen) atoms. The zero-order valence-electron chi connectivity index (χ0n) is 25.0. The Labute approximate surface area is 267 Å². The van der Waals surface area contributed by atoms with Crippen LogP contribution in [0.4, 0.5) is 26.3 Å². The maximum absolute atomic E-state index is 13.6. The van der Waals surface area contributed by atoms with Crippen molar-refractivity contribution in [2.24, 2.45) is 0 Å². The largest absolute Gasteiger partial charge is 0.416 e. The second-order valence-corrected chi connectivity index (χ2v) is 11.4. The molecule has 0 saturated carbocycles. The van der Waals surface area contributed by atoms with Gasteiger partial charge in [0, 0.05) is 44.3 Å². The number of aryl methyl sites for hydroxylation is 2. The number of halogens is 8. The Bertz CT molecular complexity index is 1190. The Balaban J connectivity index is 0.00000337. The maximum Gasteiger partial charge on any atom is 0.416 e. The van der Waals surface area contributed by atoms with Crippen molar-refractivity contribution in [1.82, 2.24) is 14.7 Å². The standard InChI is InChI=1S/C31H39F6N3O2.2ClH/c1-22-6-7-24(16-23(22)2)17-28-21-39(9-5-3-4-8-38-12-14-42-15-13-38)10-11-40(28)29(41)25-18-26(30(32,33)34)20-27(19-25)31(35,36)37;;/h6-7,16,18-20,28H,3-5,8-15,17,21H2,1-2H3;2*1H/t28-;;/m1../s1.